The molecule has 0 radical (unpaired) electrons. The zero-order valence-corrected chi connectivity index (χ0v) is 14.0. The number of aromatic nitrogens is 1. The molecular formula is C20H15ClN4. The molecular weight excluding hydrogens is 332 g/mol. The molecule has 2 heterocycles. The number of aliphatic imine (C=N–C) groups is 1. The lowest BCUT2D eigenvalue weighted by atomic mass is 10.0. The van der Waals surface area contributed by atoms with Gasteiger partial charge >= 0.3 is 0 Å². The van der Waals surface area contributed by atoms with Crippen molar-refractivity contribution >= 4 is 34.9 Å². The molecule has 0 atom stereocenters. The molecule has 4 rings (SSSR count). The van der Waals surface area contributed by atoms with E-state index in [1.807, 2.05) is 48.5 Å². The lowest BCUT2D eigenvalue weighted by Crippen LogP contribution is -2.41. The summed E-state index contributed by atoms with van der Waals surface area (Å²) in [5.41, 5.74) is 11.5. The van der Waals surface area contributed by atoms with E-state index >= 15 is 0 Å². The highest BCUT2D eigenvalue weighted by Crippen LogP contribution is 2.24. The third-order valence-electron chi connectivity index (χ3n) is 3.87. The highest BCUT2D eigenvalue weighted by atomic mass is 35.5. The van der Waals surface area contributed by atoms with Crippen LogP contribution in [-0.4, -0.2) is 10.8 Å². The van der Waals surface area contributed by atoms with Gasteiger partial charge in [0.1, 0.15) is 0 Å². The fraction of sp³-hybridized carbons (Fsp3) is 0. The minimum atomic E-state index is 0.696. The topological polar surface area (TPSA) is 49.3 Å². The maximum absolute atomic E-state index is 5.94. The molecule has 1 aliphatic rings. The molecule has 0 amide bonds. The second kappa shape index (κ2) is 6.79. The summed E-state index contributed by atoms with van der Waals surface area (Å²) in [6.45, 7) is 0. The first kappa shape index (κ1) is 15.4. The van der Waals surface area contributed by atoms with Crippen LogP contribution in [0.5, 0.6) is 0 Å². The van der Waals surface area contributed by atoms with Crippen molar-refractivity contribution in [2.24, 2.45) is 4.99 Å². The SMILES string of the molecule is Clc1ccc(N=C2NNC(=Cc3ccncc3)c3ccccc32)cc1. The van der Waals surface area contributed by atoms with Crippen LogP contribution in [0.2, 0.25) is 5.02 Å². The minimum Gasteiger partial charge on any atom is -0.299 e. The van der Waals surface area contributed by atoms with Gasteiger partial charge in [-0.15, -0.1) is 0 Å². The molecule has 0 spiro atoms. The van der Waals surface area contributed by atoms with Gasteiger partial charge in [-0.05, 0) is 48.0 Å². The summed E-state index contributed by atoms with van der Waals surface area (Å²) in [7, 11) is 0. The summed E-state index contributed by atoms with van der Waals surface area (Å²) in [6, 6.07) is 19.5. The van der Waals surface area contributed by atoms with E-state index in [0.29, 0.717) is 5.02 Å². The van der Waals surface area contributed by atoms with Crippen LogP contribution in [0, 0.1) is 0 Å². The Hall–Kier alpha value is -3.11. The summed E-state index contributed by atoms with van der Waals surface area (Å²) < 4.78 is 0. The lowest BCUT2D eigenvalue weighted by Gasteiger charge is -2.24. The van der Waals surface area contributed by atoms with Crippen LogP contribution in [0.25, 0.3) is 11.8 Å². The number of benzene rings is 2. The Labute approximate surface area is 150 Å². The van der Waals surface area contributed by atoms with Crippen molar-refractivity contribution in [3.8, 4) is 0 Å². The van der Waals surface area contributed by atoms with Crippen LogP contribution in [0.4, 0.5) is 5.69 Å². The second-order valence-corrected chi connectivity index (χ2v) is 6.01. The molecule has 0 saturated carbocycles. The first-order valence-corrected chi connectivity index (χ1v) is 8.25. The van der Waals surface area contributed by atoms with E-state index in [4.69, 9.17) is 11.6 Å². The summed E-state index contributed by atoms with van der Waals surface area (Å²) in [5.74, 6) is 0.768. The highest BCUT2D eigenvalue weighted by molar-refractivity contribution is 6.30. The summed E-state index contributed by atoms with van der Waals surface area (Å²) >= 11 is 5.94. The van der Waals surface area contributed by atoms with Crippen molar-refractivity contribution in [2.45, 2.75) is 0 Å². The van der Waals surface area contributed by atoms with E-state index in [9.17, 15) is 0 Å². The molecule has 2 N–H and O–H groups in total. The van der Waals surface area contributed by atoms with Gasteiger partial charge in [-0.3, -0.25) is 15.8 Å². The average molecular weight is 347 g/mol. The van der Waals surface area contributed by atoms with Gasteiger partial charge < -0.3 is 0 Å². The van der Waals surface area contributed by atoms with Crippen molar-refractivity contribution in [3.05, 3.63) is 94.8 Å². The monoisotopic (exact) mass is 346 g/mol. The quantitative estimate of drug-likeness (QED) is 0.722. The lowest BCUT2D eigenvalue weighted by molar-refractivity contribution is 0.826. The number of halogens is 1. The molecule has 4 nitrogen and oxygen atoms in total. The molecule has 0 saturated heterocycles. The zero-order valence-electron chi connectivity index (χ0n) is 13.3. The summed E-state index contributed by atoms with van der Waals surface area (Å²) in [5, 5.41) is 0.696. The first-order chi connectivity index (χ1) is 12.3. The van der Waals surface area contributed by atoms with Gasteiger partial charge in [0.15, 0.2) is 5.84 Å². The molecule has 1 aromatic heterocycles. The maximum Gasteiger partial charge on any atom is 0.153 e. The molecule has 0 unspecified atom stereocenters. The third-order valence-corrected chi connectivity index (χ3v) is 4.12. The second-order valence-electron chi connectivity index (χ2n) is 5.57. The minimum absolute atomic E-state index is 0.696. The van der Waals surface area contributed by atoms with Crippen LogP contribution in [0.1, 0.15) is 16.7 Å². The van der Waals surface area contributed by atoms with Crippen molar-refractivity contribution < 1.29 is 0 Å². The molecule has 0 bridgehead atoms. The number of nitrogens with one attached hydrogen (secondary N) is 2. The molecule has 0 fully saturated rings. The molecule has 2 aromatic carbocycles. The zero-order chi connectivity index (χ0) is 17.1. The molecule has 3 aromatic rings. The third kappa shape index (κ3) is 3.39. The number of nitrogens with zero attached hydrogens (tertiary/aromatic N) is 2. The predicted molar refractivity (Wildman–Crippen MR) is 102 cm³/mol. The van der Waals surface area contributed by atoms with Gasteiger partial charge in [-0.1, -0.05) is 35.9 Å². The van der Waals surface area contributed by atoms with Crippen molar-refractivity contribution in [2.75, 3.05) is 0 Å². The van der Waals surface area contributed by atoms with Gasteiger partial charge in [0.05, 0.1) is 11.4 Å². The fourth-order valence-corrected chi connectivity index (χ4v) is 2.78. The van der Waals surface area contributed by atoms with E-state index in [0.717, 1.165) is 33.9 Å². The standard InChI is InChI=1S/C20H15ClN4/c21-15-5-7-16(8-6-15)23-20-18-4-2-1-3-17(18)19(24-25-20)13-14-9-11-22-12-10-14/h1-13,24H,(H,23,25). The molecule has 25 heavy (non-hydrogen) atoms. The van der Waals surface area contributed by atoms with Crippen LogP contribution >= 0.6 is 11.6 Å². The Bertz CT molecular complexity index is 947. The Morgan fingerprint density at radius 3 is 2.32 bits per heavy atom. The van der Waals surface area contributed by atoms with Gasteiger partial charge in [0.2, 0.25) is 0 Å². The summed E-state index contributed by atoms with van der Waals surface area (Å²) in [6.07, 6.45) is 5.64. The van der Waals surface area contributed by atoms with Crippen molar-refractivity contribution in [3.63, 3.8) is 0 Å². The number of pyridine rings is 1. The van der Waals surface area contributed by atoms with Crippen molar-refractivity contribution in [1.82, 2.24) is 15.8 Å². The summed E-state index contributed by atoms with van der Waals surface area (Å²) in [4.78, 5) is 8.74. The highest BCUT2D eigenvalue weighted by Gasteiger charge is 2.18. The number of hydrogen-bond donors (Lipinski definition) is 2. The largest absolute Gasteiger partial charge is 0.299 e. The van der Waals surface area contributed by atoms with Gasteiger partial charge in [-0.25, -0.2) is 4.99 Å². The number of hydrogen-bond acceptors (Lipinski definition) is 3. The van der Waals surface area contributed by atoms with E-state index in [2.05, 4.69) is 39.0 Å². The smallest absolute Gasteiger partial charge is 0.153 e. The van der Waals surface area contributed by atoms with Gasteiger partial charge in [0.25, 0.3) is 0 Å². The van der Waals surface area contributed by atoms with Crippen LogP contribution in [0.3, 0.4) is 0 Å². The van der Waals surface area contributed by atoms with Crippen LogP contribution in [-0.2, 0) is 0 Å². The molecule has 0 aliphatic carbocycles. The fourth-order valence-electron chi connectivity index (χ4n) is 2.66. The van der Waals surface area contributed by atoms with Gasteiger partial charge in [-0.2, -0.15) is 0 Å². The number of hydrazine groups is 1. The van der Waals surface area contributed by atoms with E-state index in [-0.39, 0.29) is 0 Å². The Kier molecular flexibility index (Phi) is 4.19. The number of fused-ring (bicyclic) bond motifs is 1. The molecule has 122 valence electrons. The van der Waals surface area contributed by atoms with E-state index in [1.54, 1.807) is 12.4 Å². The average Bonchev–Trinajstić information content (AvgIpc) is 2.66. The Morgan fingerprint density at radius 2 is 1.56 bits per heavy atom. The molecule has 1 aliphatic heterocycles. The van der Waals surface area contributed by atoms with E-state index < -0.39 is 0 Å². The maximum atomic E-state index is 5.94. The van der Waals surface area contributed by atoms with E-state index in [1.165, 1.54) is 0 Å². The predicted octanol–water partition coefficient (Wildman–Crippen LogP) is 4.42. The van der Waals surface area contributed by atoms with Crippen molar-refractivity contribution in [1.29, 1.82) is 0 Å². The first-order valence-electron chi connectivity index (χ1n) is 7.87. The molecule has 5 heteroatoms. The van der Waals surface area contributed by atoms with Crippen LogP contribution in [0.15, 0.2) is 78.0 Å². The van der Waals surface area contributed by atoms with Crippen LogP contribution < -0.4 is 10.9 Å². The number of rotatable bonds is 2. The Balaban J connectivity index is 1.74. The van der Waals surface area contributed by atoms with Gasteiger partial charge in [0, 0.05) is 28.5 Å². The Morgan fingerprint density at radius 1 is 0.840 bits per heavy atom. The normalized spacial score (nSPS) is 16.2. The number of amidine groups is 1.